The Morgan fingerprint density at radius 2 is 1.93 bits per heavy atom. The van der Waals surface area contributed by atoms with E-state index in [2.05, 4.69) is 15.0 Å². The highest BCUT2D eigenvalue weighted by Crippen LogP contribution is 2.23. The van der Waals surface area contributed by atoms with Gasteiger partial charge in [0.25, 0.3) is 0 Å². The molecule has 0 aliphatic rings. The second-order valence-electron chi connectivity index (χ2n) is 3.18. The molecule has 15 heavy (non-hydrogen) atoms. The Morgan fingerprint density at radius 3 is 2.60 bits per heavy atom. The largest absolute Gasteiger partial charge is 0.383 e. The van der Waals surface area contributed by atoms with Gasteiger partial charge < -0.3 is 5.73 Å². The zero-order valence-electron chi connectivity index (χ0n) is 8.51. The molecule has 0 amide bonds. The first kappa shape index (κ1) is 9.58. The summed E-state index contributed by atoms with van der Waals surface area (Å²) >= 11 is 0. The van der Waals surface area contributed by atoms with Gasteiger partial charge >= 0.3 is 0 Å². The van der Waals surface area contributed by atoms with Gasteiger partial charge in [-0.25, -0.2) is 9.97 Å². The summed E-state index contributed by atoms with van der Waals surface area (Å²) in [7, 11) is 0. The maximum absolute atomic E-state index is 5.80. The second kappa shape index (κ2) is 4.04. The van der Waals surface area contributed by atoms with Crippen LogP contribution >= 0.6 is 0 Å². The van der Waals surface area contributed by atoms with Crippen molar-refractivity contribution < 1.29 is 0 Å². The van der Waals surface area contributed by atoms with Crippen LogP contribution in [0, 0.1) is 0 Å². The molecule has 0 saturated carbocycles. The number of nitrogens with two attached hydrogens (primary N) is 1. The van der Waals surface area contributed by atoms with Gasteiger partial charge in [-0.15, -0.1) is 0 Å². The Bertz CT molecular complexity index is 453. The van der Waals surface area contributed by atoms with E-state index in [-0.39, 0.29) is 0 Å². The third kappa shape index (κ3) is 1.79. The standard InChI is InChI=1S/C11H12N4/c1-2-9-10(14-7-15-11(9)12)8-3-5-13-6-4-8/h3-7H,2H2,1H3,(H2,12,14,15). The van der Waals surface area contributed by atoms with Gasteiger partial charge in [-0.2, -0.15) is 0 Å². The molecule has 0 unspecified atom stereocenters. The van der Waals surface area contributed by atoms with E-state index in [1.165, 1.54) is 6.33 Å². The zero-order chi connectivity index (χ0) is 10.7. The van der Waals surface area contributed by atoms with Crippen molar-refractivity contribution in [3.05, 3.63) is 36.4 Å². The lowest BCUT2D eigenvalue weighted by atomic mass is 10.1. The van der Waals surface area contributed by atoms with Crippen LogP contribution in [0.3, 0.4) is 0 Å². The quantitative estimate of drug-likeness (QED) is 0.801. The Labute approximate surface area is 88.2 Å². The van der Waals surface area contributed by atoms with Crippen LogP contribution in [0.25, 0.3) is 11.3 Å². The average Bonchev–Trinajstić information content (AvgIpc) is 2.30. The van der Waals surface area contributed by atoms with Crippen LogP contribution in [0.15, 0.2) is 30.9 Å². The number of anilines is 1. The van der Waals surface area contributed by atoms with Gasteiger partial charge in [0.15, 0.2) is 0 Å². The first-order valence-electron chi connectivity index (χ1n) is 4.82. The summed E-state index contributed by atoms with van der Waals surface area (Å²) in [6, 6.07) is 3.84. The van der Waals surface area contributed by atoms with E-state index in [4.69, 9.17) is 5.73 Å². The van der Waals surface area contributed by atoms with Gasteiger partial charge in [0.05, 0.1) is 5.69 Å². The highest BCUT2D eigenvalue weighted by Gasteiger charge is 2.08. The van der Waals surface area contributed by atoms with E-state index in [1.54, 1.807) is 12.4 Å². The van der Waals surface area contributed by atoms with Crippen LogP contribution in [-0.2, 0) is 6.42 Å². The van der Waals surface area contributed by atoms with Crippen molar-refractivity contribution in [2.75, 3.05) is 5.73 Å². The van der Waals surface area contributed by atoms with Crippen molar-refractivity contribution in [3.63, 3.8) is 0 Å². The molecule has 2 aromatic heterocycles. The van der Waals surface area contributed by atoms with Crippen LogP contribution in [0.5, 0.6) is 0 Å². The van der Waals surface area contributed by atoms with Crippen LogP contribution in [0.2, 0.25) is 0 Å². The fraction of sp³-hybridized carbons (Fsp3) is 0.182. The highest BCUT2D eigenvalue weighted by molar-refractivity contribution is 5.66. The van der Waals surface area contributed by atoms with Crippen molar-refractivity contribution >= 4 is 5.82 Å². The minimum absolute atomic E-state index is 0.555. The van der Waals surface area contributed by atoms with E-state index in [9.17, 15) is 0 Å². The molecule has 0 fully saturated rings. The molecular formula is C11H12N4. The third-order valence-corrected chi connectivity index (χ3v) is 2.29. The third-order valence-electron chi connectivity index (χ3n) is 2.29. The lowest BCUT2D eigenvalue weighted by Crippen LogP contribution is -2.01. The van der Waals surface area contributed by atoms with E-state index in [0.29, 0.717) is 5.82 Å². The number of aromatic nitrogens is 3. The molecule has 4 heteroatoms. The van der Waals surface area contributed by atoms with Gasteiger partial charge in [0.2, 0.25) is 0 Å². The lowest BCUT2D eigenvalue weighted by molar-refractivity contribution is 1.06. The molecule has 0 bridgehead atoms. The summed E-state index contributed by atoms with van der Waals surface area (Å²) < 4.78 is 0. The fourth-order valence-electron chi connectivity index (χ4n) is 1.53. The summed E-state index contributed by atoms with van der Waals surface area (Å²) in [5.74, 6) is 0.555. The van der Waals surface area contributed by atoms with Crippen LogP contribution in [-0.4, -0.2) is 15.0 Å². The summed E-state index contributed by atoms with van der Waals surface area (Å²) in [4.78, 5) is 12.2. The smallest absolute Gasteiger partial charge is 0.130 e. The van der Waals surface area contributed by atoms with Gasteiger partial charge in [0, 0.05) is 23.5 Å². The first-order valence-corrected chi connectivity index (χ1v) is 4.82. The Hall–Kier alpha value is -1.97. The minimum atomic E-state index is 0.555. The predicted octanol–water partition coefficient (Wildman–Crippen LogP) is 1.68. The number of nitrogen functional groups attached to an aromatic ring is 1. The zero-order valence-corrected chi connectivity index (χ0v) is 8.51. The van der Waals surface area contributed by atoms with Gasteiger partial charge in [-0.1, -0.05) is 6.92 Å². The van der Waals surface area contributed by atoms with Gasteiger partial charge in [-0.05, 0) is 18.6 Å². The monoisotopic (exact) mass is 200 g/mol. The molecule has 0 atom stereocenters. The molecule has 0 spiro atoms. The molecule has 4 nitrogen and oxygen atoms in total. The topological polar surface area (TPSA) is 64.7 Å². The molecular weight excluding hydrogens is 188 g/mol. The summed E-state index contributed by atoms with van der Waals surface area (Å²) in [5, 5.41) is 0. The Morgan fingerprint density at radius 1 is 1.20 bits per heavy atom. The van der Waals surface area contributed by atoms with Crippen molar-refractivity contribution in [2.45, 2.75) is 13.3 Å². The normalized spacial score (nSPS) is 10.2. The first-order chi connectivity index (χ1) is 7.33. The van der Waals surface area contributed by atoms with Crippen LogP contribution in [0.4, 0.5) is 5.82 Å². The molecule has 2 rings (SSSR count). The second-order valence-corrected chi connectivity index (χ2v) is 3.18. The number of hydrogen-bond donors (Lipinski definition) is 1. The van der Waals surface area contributed by atoms with Crippen LogP contribution < -0.4 is 5.73 Å². The number of hydrogen-bond acceptors (Lipinski definition) is 4. The minimum Gasteiger partial charge on any atom is -0.383 e. The highest BCUT2D eigenvalue weighted by atomic mass is 14.9. The van der Waals surface area contributed by atoms with Crippen molar-refractivity contribution in [1.29, 1.82) is 0 Å². The Balaban J connectivity index is 2.58. The number of nitrogens with zero attached hydrogens (tertiary/aromatic N) is 3. The van der Waals surface area contributed by atoms with Crippen molar-refractivity contribution in [2.24, 2.45) is 0 Å². The van der Waals surface area contributed by atoms with Crippen molar-refractivity contribution in [1.82, 2.24) is 15.0 Å². The predicted molar refractivity (Wildman–Crippen MR) is 59.1 cm³/mol. The summed E-state index contributed by atoms with van der Waals surface area (Å²) in [6.07, 6.45) is 5.80. The van der Waals surface area contributed by atoms with Crippen LogP contribution in [0.1, 0.15) is 12.5 Å². The van der Waals surface area contributed by atoms with E-state index in [0.717, 1.165) is 23.2 Å². The van der Waals surface area contributed by atoms with Gasteiger partial charge in [0.1, 0.15) is 12.1 Å². The molecule has 76 valence electrons. The molecule has 2 aromatic rings. The Kier molecular flexibility index (Phi) is 2.58. The maximum Gasteiger partial charge on any atom is 0.130 e. The van der Waals surface area contributed by atoms with E-state index in [1.807, 2.05) is 19.1 Å². The molecule has 0 saturated heterocycles. The molecule has 2 N–H and O–H groups in total. The molecule has 0 aliphatic heterocycles. The van der Waals surface area contributed by atoms with Gasteiger partial charge in [-0.3, -0.25) is 4.98 Å². The fourth-order valence-corrected chi connectivity index (χ4v) is 1.53. The number of rotatable bonds is 2. The summed E-state index contributed by atoms with van der Waals surface area (Å²) in [6.45, 7) is 2.04. The van der Waals surface area contributed by atoms with E-state index < -0.39 is 0 Å². The maximum atomic E-state index is 5.80. The molecule has 0 radical (unpaired) electrons. The molecule has 2 heterocycles. The average molecular weight is 200 g/mol. The molecule has 0 aliphatic carbocycles. The van der Waals surface area contributed by atoms with Crippen molar-refractivity contribution in [3.8, 4) is 11.3 Å². The SMILES string of the molecule is CCc1c(N)ncnc1-c1ccncc1. The van der Waals surface area contributed by atoms with E-state index >= 15 is 0 Å². The summed E-state index contributed by atoms with van der Waals surface area (Å²) in [5.41, 5.74) is 8.71. The molecule has 0 aromatic carbocycles. The number of pyridine rings is 1. The lowest BCUT2D eigenvalue weighted by Gasteiger charge is -2.07.